The Hall–Kier alpha value is -2.55. The first-order valence-electron chi connectivity index (χ1n) is 8.51. The molecular formula is C21H22N2O. The minimum absolute atomic E-state index is 0.221. The van der Waals surface area contributed by atoms with Crippen molar-refractivity contribution >= 4 is 17.2 Å². The molecule has 3 nitrogen and oxygen atoms in total. The van der Waals surface area contributed by atoms with Crippen LogP contribution in [0.5, 0.6) is 0 Å². The Balaban J connectivity index is 1.53. The number of hydrogen-bond acceptors (Lipinski definition) is 3. The second kappa shape index (κ2) is 5.82. The van der Waals surface area contributed by atoms with E-state index in [-0.39, 0.29) is 5.78 Å². The van der Waals surface area contributed by atoms with Crippen LogP contribution >= 0.6 is 0 Å². The molecular weight excluding hydrogens is 296 g/mol. The number of nitrogens with zero attached hydrogens (tertiary/aromatic N) is 1. The maximum Gasteiger partial charge on any atom is 0.134 e. The summed E-state index contributed by atoms with van der Waals surface area (Å²) in [5, 5.41) is 3.32. The lowest BCUT2D eigenvalue weighted by Crippen LogP contribution is -2.19. The number of fused-ring (bicyclic) bond motifs is 2. The molecule has 1 N–H and O–H groups in total. The van der Waals surface area contributed by atoms with Gasteiger partial charge in [-0.25, -0.2) is 0 Å². The Bertz CT molecular complexity index is 838. The van der Waals surface area contributed by atoms with E-state index in [1.165, 1.54) is 28.1 Å². The molecule has 0 radical (unpaired) electrons. The van der Waals surface area contributed by atoms with Crippen molar-refractivity contribution in [2.24, 2.45) is 0 Å². The molecule has 2 heterocycles. The van der Waals surface area contributed by atoms with Crippen LogP contribution in [0.25, 0.3) is 0 Å². The molecule has 2 aromatic carbocycles. The summed E-state index contributed by atoms with van der Waals surface area (Å²) in [6.07, 6.45) is 2.52. The van der Waals surface area contributed by atoms with Crippen LogP contribution in [-0.4, -0.2) is 12.3 Å². The highest BCUT2D eigenvalue weighted by Crippen LogP contribution is 2.32. The fourth-order valence-corrected chi connectivity index (χ4v) is 3.78. The van der Waals surface area contributed by atoms with Gasteiger partial charge in [-0.15, -0.1) is 0 Å². The van der Waals surface area contributed by atoms with E-state index >= 15 is 0 Å². The van der Waals surface area contributed by atoms with E-state index in [9.17, 15) is 4.79 Å². The monoisotopic (exact) mass is 318 g/mol. The average molecular weight is 318 g/mol. The van der Waals surface area contributed by atoms with Crippen LogP contribution in [0.15, 0.2) is 48.7 Å². The Morgan fingerprint density at radius 1 is 1.17 bits per heavy atom. The third kappa shape index (κ3) is 2.82. The van der Waals surface area contributed by atoms with Gasteiger partial charge in [-0.2, -0.15) is 0 Å². The van der Waals surface area contributed by atoms with Crippen molar-refractivity contribution < 1.29 is 4.79 Å². The summed E-state index contributed by atoms with van der Waals surface area (Å²) in [6.45, 7) is 7.64. The van der Waals surface area contributed by atoms with Crippen molar-refractivity contribution in [3.8, 4) is 0 Å². The summed E-state index contributed by atoms with van der Waals surface area (Å²) >= 11 is 0. The number of anilines is 2. The molecule has 24 heavy (non-hydrogen) atoms. The van der Waals surface area contributed by atoms with Crippen LogP contribution in [0, 0.1) is 0 Å². The zero-order chi connectivity index (χ0) is 16.7. The van der Waals surface area contributed by atoms with Gasteiger partial charge < -0.3 is 10.2 Å². The first kappa shape index (κ1) is 15.0. The predicted octanol–water partition coefficient (Wildman–Crippen LogP) is 3.86. The van der Waals surface area contributed by atoms with Crippen molar-refractivity contribution in [1.82, 2.24) is 0 Å². The Morgan fingerprint density at radius 3 is 2.79 bits per heavy atom. The standard InChI is InChI=1S/C21H22N2O/c1-14-9-19-12-17(3-5-20(19)22-14)13-23-8-7-18-11-16(10-15(2)24)4-6-21(18)23/h3-6,11-12,22H,1,7-10,13H2,2H3. The number of carbonyl (C=O) groups excluding carboxylic acids is 1. The second-order valence-corrected chi connectivity index (χ2v) is 6.91. The third-order valence-electron chi connectivity index (χ3n) is 4.85. The number of nitrogens with one attached hydrogen (secondary N) is 1. The van der Waals surface area contributed by atoms with Crippen molar-refractivity contribution in [3.63, 3.8) is 0 Å². The molecule has 0 fully saturated rings. The molecule has 0 bridgehead atoms. The minimum Gasteiger partial charge on any atom is -0.367 e. The summed E-state index contributed by atoms with van der Waals surface area (Å²) in [6, 6.07) is 13.1. The lowest BCUT2D eigenvalue weighted by atomic mass is 10.0. The molecule has 2 aliphatic heterocycles. The SMILES string of the molecule is C=C1Cc2cc(CN3CCc4cc(CC(C)=O)ccc43)ccc2N1. The van der Waals surface area contributed by atoms with Gasteiger partial charge in [-0.1, -0.05) is 30.8 Å². The van der Waals surface area contributed by atoms with Gasteiger partial charge in [-0.05, 0) is 47.7 Å². The molecule has 122 valence electrons. The van der Waals surface area contributed by atoms with Crippen LogP contribution in [0.4, 0.5) is 11.4 Å². The van der Waals surface area contributed by atoms with Crippen molar-refractivity contribution in [2.75, 3.05) is 16.8 Å². The highest BCUT2D eigenvalue weighted by atomic mass is 16.1. The largest absolute Gasteiger partial charge is 0.367 e. The molecule has 0 unspecified atom stereocenters. The average Bonchev–Trinajstić information content (AvgIpc) is 3.09. The maximum absolute atomic E-state index is 11.3. The Morgan fingerprint density at radius 2 is 1.96 bits per heavy atom. The van der Waals surface area contributed by atoms with Crippen molar-refractivity contribution in [1.29, 1.82) is 0 Å². The maximum atomic E-state index is 11.3. The number of ketones is 1. The van der Waals surface area contributed by atoms with E-state index in [0.29, 0.717) is 6.42 Å². The van der Waals surface area contributed by atoms with E-state index in [2.05, 4.69) is 53.2 Å². The number of hydrogen-bond donors (Lipinski definition) is 1. The van der Waals surface area contributed by atoms with Crippen LogP contribution in [0.2, 0.25) is 0 Å². The van der Waals surface area contributed by atoms with Gasteiger partial charge in [0, 0.05) is 43.0 Å². The van der Waals surface area contributed by atoms with Gasteiger partial charge >= 0.3 is 0 Å². The van der Waals surface area contributed by atoms with Crippen molar-refractivity contribution in [2.45, 2.75) is 32.7 Å². The van der Waals surface area contributed by atoms with Crippen LogP contribution in [-0.2, 0) is 30.6 Å². The van der Waals surface area contributed by atoms with Gasteiger partial charge in [0.05, 0.1) is 0 Å². The quantitative estimate of drug-likeness (QED) is 0.929. The molecule has 0 atom stereocenters. The van der Waals surface area contributed by atoms with E-state index < -0.39 is 0 Å². The first-order valence-corrected chi connectivity index (χ1v) is 8.51. The normalized spacial score (nSPS) is 15.2. The summed E-state index contributed by atoms with van der Waals surface area (Å²) in [7, 11) is 0. The van der Waals surface area contributed by atoms with Gasteiger partial charge in [0.1, 0.15) is 5.78 Å². The molecule has 0 saturated carbocycles. The fraction of sp³-hybridized carbons (Fsp3) is 0.286. The zero-order valence-electron chi connectivity index (χ0n) is 14.1. The number of benzene rings is 2. The van der Waals surface area contributed by atoms with E-state index in [1.807, 2.05) is 0 Å². The topological polar surface area (TPSA) is 32.3 Å². The highest BCUT2D eigenvalue weighted by molar-refractivity contribution is 5.78. The fourth-order valence-electron chi connectivity index (χ4n) is 3.78. The Kier molecular flexibility index (Phi) is 3.64. The predicted molar refractivity (Wildman–Crippen MR) is 98.5 cm³/mol. The third-order valence-corrected chi connectivity index (χ3v) is 4.85. The molecule has 0 spiro atoms. The number of Topliss-reactive ketones (excluding diaryl/α,β-unsaturated/α-hetero) is 1. The van der Waals surface area contributed by atoms with Gasteiger partial charge in [-0.3, -0.25) is 4.79 Å². The second-order valence-electron chi connectivity index (χ2n) is 6.91. The molecule has 0 saturated heterocycles. The first-order chi connectivity index (χ1) is 11.6. The molecule has 2 aliphatic rings. The lowest BCUT2D eigenvalue weighted by Gasteiger charge is -2.20. The number of carbonyl (C=O) groups is 1. The smallest absolute Gasteiger partial charge is 0.134 e. The Labute approximate surface area is 143 Å². The molecule has 3 heteroatoms. The van der Waals surface area contributed by atoms with Gasteiger partial charge in [0.15, 0.2) is 0 Å². The summed E-state index contributed by atoms with van der Waals surface area (Å²) in [4.78, 5) is 13.7. The summed E-state index contributed by atoms with van der Waals surface area (Å²) in [5.74, 6) is 0.221. The molecule has 0 aliphatic carbocycles. The van der Waals surface area contributed by atoms with Crippen LogP contribution < -0.4 is 10.2 Å². The lowest BCUT2D eigenvalue weighted by molar-refractivity contribution is -0.116. The highest BCUT2D eigenvalue weighted by Gasteiger charge is 2.20. The van der Waals surface area contributed by atoms with Crippen LogP contribution in [0.1, 0.15) is 29.2 Å². The van der Waals surface area contributed by atoms with Gasteiger partial charge in [0.25, 0.3) is 0 Å². The van der Waals surface area contributed by atoms with E-state index in [0.717, 1.165) is 37.2 Å². The van der Waals surface area contributed by atoms with Gasteiger partial charge in [0.2, 0.25) is 0 Å². The summed E-state index contributed by atoms with van der Waals surface area (Å²) in [5.41, 5.74) is 8.76. The number of allylic oxidation sites excluding steroid dienone is 1. The molecule has 4 rings (SSSR count). The van der Waals surface area contributed by atoms with E-state index in [1.54, 1.807) is 6.92 Å². The van der Waals surface area contributed by atoms with Crippen LogP contribution in [0.3, 0.4) is 0 Å². The summed E-state index contributed by atoms with van der Waals surface area (Å²) < 4.78 is 0. The molecule has 0 aromatic heterocycles. The molecule has 2 aromatic rings. The van der Waals surface area contributed by atoms with Crippen molar-refractivity contribution in [3.05, 3.63) is 70.9 Å². The van der Waals surface area contributed by atoms with E-state index in [4.69, 9.17) is 0 Å². The minimum atomic E-state index is 0.221. The number of rotatable bonds is 4. The molecule has 0 amide bonds. The zero-order valence-corrected chi connectivity index (χ0v) is 14.1.